The highest BCUT2D eigenvalue weighted by Crippen LogP contribution is 2.41. The maximum absolute atomic E-state index is 13.7. The summed E-state index contributed by atoms with van der Waals surface area (Å²) in [6.45, 7) is 0.482. The molecule has 1 unspecified atom stereocenters. The van der Waals surface area contributed by atoms with Gasteiger partial charge >= 0.3 is 0 Å². The van der Waals surface area contributed by atoms with Gasteiger partial charge in [-0.2, -0.15) is 0 Å². The minimum atomic E-state index is -0.581. The Hall–Kier alpha value is -1.13. The van der Waals surface area contributed by atoms with Crippen LogP contribution in [0.1, 0.15) is 50.5 Å². The van der Waals surface area contributed by atoms with Crippen LogP contribution < -0.4 is 11.1 Å². The number of benzene rings is 1. The molecule has 1 amide bonds. The molecule has 128 valence electrons. The van der Waals surface area contributed by atoms with Crippen LogP contribution in [-0.4, -0.2) is 18.5 Å². The average molecular weight is 341 g/mol. The number of amides is 1. The predicted octanol–water partition coefficient (Wildman–Crippen LogP) is 3.30. The van der Waals surface area contributed by atoms with E-state index in [-0.39, 0.29) is 30.2 Å². The number of carbonyl (C=O) groups is 1. The Morgan fingerprint density at radius 3 is 2.57 bits per heavy atom. The first-order valence-corrected chi connectivity index (χ1v) is 8.43. The van der Waals surface area contributed by atoms with Gasteiger partial charge in [0, 0.05) is 12.6 Å². The van der Waals surface area contributed by atoms with E-state index in [1.807, 2.05) is 6.07 Å². The third-order valence-electron chi connectivity index (χ3n) is 5.28. The summed E-state index contributed by atoms with van der Waals surface area (Å²) in [4.78, 5) is 13.0. The molecule has 0 aliphatic heterocycles. The van der Waals surface area contributed by atoms with Gasteiger partial charge in [0.15, 0.2) is 0 Å². The van der Waals surface area contributed by atoms with Gasteiger partial charge < -0.3 is 11.1 Å². The van der Waals surface area contributed by atoms with Crippen LogP contribution in [0.5, 0.6) is 0 Å². The molecule has 0 spiro atoms. The van der Waals surface area contributed by atoms with Gasteiger partial charge in [-0.3, -0.25) is 4.79 Å². The fourth-order valence-corrected chi connectivity index (χ4v) is 3.76. The Balaban J connectivity index is 0.00000192. The van der Waals surface area contributed by atoms with E-state index in [0.717, 1.165) is 50.5 Å². The molecule has 0 bridgehead atoms. The van der Waals surface area contributed by atoms with Gasteiger partial charge in [0.25, 0.3) is 0 Å². The number of nitrogens with two attached hydrogens (primary N) is 1. The van der Waals surface area contributed by atoms with E-state index in [9.17, 15) is 9.18 Å². The van der Waals surface area contributed by atoms with E-state index in [4.69, 9.17) is 5.73 Å². The number of halogens is 2. The number of hydrogen-bond donors (Lipinski definition) is 2. The standard InChI is InChI=1S/C18H25FN2O.ClH/c19-15-6-4-5-14(11-15)18(9-2-1-3-10-18)17(22)21-16(12-20)13-7-8-13;/h4-6,11,13,16H,1-3,7-10,12,20H2,(H,21,22);1H. The Morgan fingerprint density at radius 1 is 1.30 bits per heavy atom. The van der Waals surface area contributed by atoms with E-state index in [2.05, 4.69) is 5.32 Å². The minimum Gasteiger partial charge on any atom is -0.351 e. The average Bonchev–Trinajstić information content (AvgIpc) is 3.38. The molecule has 2 fully saturated rings. The Labute approximate surface area is 143 Å². The van der Waals surface area contributed by atoms with Crippen molar-refractivity contribution in [2.24, 2.45) is 11.7 Å². The van der Waals surface area contributed by atoms with Gasteiger partial charge in [-0.15, -0.1) is 12.4 Å². The summed E-state index contributed by atoms with van der Waals surface area (Å²) in [6, 6.07) is 6.63. The summed E-state index contributed by atoms with van der Waals surface area (Å²) in [6.07, 6.45) is 7.06. The molecule has 1 aromatic carbocycles. The molecule has 3 N–H and O–H groups in total. The lowest BCUT2D eigenvalue weighted by Gasteiger charge is -2.37. The van der Waals surface area contributed by atoms with Crippen LogP contribution in [0.2, 0.25) is 0 Å². The fourth-order valence-electron chi connectivity index (χ4n) is 3.76. The van der Waals surface area contributed by atoms with Gasteiger partial charge in [-0.25, -0.2) is 4.39 Å². The zero-order valence-corrected chi connectivity index (χ0v) is 14.2. The number of nitrogens with one attached hydrogen (secondary N) is 1. The molecule has 3 nitrogen and oxygen atoms in total. The van der Waals surface area contributed by atoms with Crippen molar-refractivity contribution >= 4 is 18.3 Å². The molecule has 23 heavy (non-hydrogen) atoms. The second-order valence-electron chi connectivity index (χ2n) is 6.81. The van der Waals surface area contributed by atoms with Crippen LogP contribution in [0.15, 0.2) is 24.3 Å². The molecular formula is C18H26ClFN2O. The summed E-state index contributed by atoms with van der Waals surface area (Å²) >= 11 is 0. The molecular weight excluding hydrogens is 315 g/mol. The van der Waals surface area contributed by atoms with Crippen molar-refractivity contribution in [3.63, 3.8) is 0 Å². The zero-order chi connectivity index (χ0) is 15.6. The first-order chi connectivity index (χ1) is 10.7. The van der Waals surface area contributed by atoms with Gasteiger partial charge in [-0.1, -0.05) is 31.4 Å². The SMILES string of the molecule is Cl.NCC(NC(=O)C1(c2cccc(F)c2)CCCCC1)C1CC1. The lowest BCUT2D eigenvalue weighted by atomic mass is 9.68. The third kappa shape index (κ3) is 3.86. The fraction of sp³-hybridized carbons (Fsp3) is 0.611. The maximum Gasteiger partial charge on any atom is 0.230 e. The monoisotopic (exact) mass is 340 g/mol. The van der Waals surface area contributed by atoms with E-state index in [0.29, 0.717) is 12.5 Å². The first-order valence-electron chi connectivity index (χ1n) is 8.43. The van der Waals surface area contributed by atoms with Gasteiger partial charge in [-0.05, 0) is 49.3 Å². The summed E-state index contributed by atoms with van der Waals surface area (Å²) in [5, 5.41) is 3.17. The molecule has 0 radical (unpaired) electrons. The topological polar surface area (TPSA) is 55.1 Å². The second-order valence-corrected chi connectivity index (χ2v) is 6.81. The summed E-state index contributed by atoms with van der Waals surface area (Å²) in [5.74, 6) is 0.301. The van der Waals surface area contributed by atoms with Crippen LogP contribution in [-0.2, 0) is 10.2 Å². The van der Waals surface area contributed by atoms with Crippen molar-refractivity contribution in [1.82, 2.24) is 5.32 Å². The molecule has 0 saturated heterocycles. The molecule has 2 saturated carbocycles. The highest BCUT2D eigenvalue weighted by Gasteiger charge is 2.43. The zero-order valence-electron chi connectivity index (χ0n) is 13.4. The van der Waals surface area contributed by atoms with Crippen molar-refractivity contribution in [3.8, 4) is 0 Å². The van der Waals surface area contributed by atoms with Gasteiger partial charge in [0.1, 0.15) is 5.82 Å². The summed E-state index contributed by atoms with van der Waals surface area (Å²) < 4.78 is 13.7. The minimum absolute atomic E-state index is 0. The molecule has 0 heterocycles. The largest absolute Gasteiger partial charge is 0.351 e. The molecule has 2 aliphatic rings. The van der Waals surface area contributed by atoms with Crippen LogP contribution in [0.3, 0.4) is 0 Å². The smallest absolute Gasteiger partial charge is 0.230 e. The summed E-state index contributed by atoms with van der Waals surface area (Å²) in [5.41, 5.74) is 6.06. The Morgan fingerprint density at radius 2 is 2.00 bits per heavy atom. The number of rotatable bonds is 5. The van der Waals surface area contributed by atoms with Crippen molar-refractivity contribution in [2.45, 2.75) is 56.4 Å². The molecule has 1 aromatic rings. The predicted molar refractivity (Wildman–Crippen MR) is 92.1 cm³/mol. The highest BCUT2D eigenvalue weighted by molar-refractivity contribution is 5.88. The van der Waals surface area contributed by atoms with Crippen LogP contribution >= 0.6 is 12.4 Å². The number of carbonyl (C=O) groups excluding carboxylic acids is 1. The van der Waals surface area contributed by atoms with Crippen LogP contribution in [0.4, 0.5) is 4.39 Å². The normalized spacial score (nSPS) is 21.1. The van der Waals surface area contributed by atoms with E-state index in [1.165, 1.54) is 12.1 Å². The molecule has 2 aliphatic carbocycles. The second kappa shape index (κ2) is 7.63. The Kier molecular flexibility index (Phi) is 6.04. The maximum atomic E-state index is 13.7. The van der Waals surface area contributed by atoms with Crippen molar-refractivity contribution in [3.05, 3.63) is 35.6 Å². The van der Waals surface area contributed by atoms with Crippen molar-refractivity contribution < 1.29 is 9.18 Å². The van der Waals surface area contributed by atoms with E-state index >= 15 is 0 Å². The van der Waals surface area contributed by atoms with E-state index < -0.39 is 5.41 Å². The number of hydrogen-bond acceptors (Lipinski definition) is 2. The third-order valence-corrected chi connectivity index (χ3v) is 5.28. The lowest BCUT2D eigenvalue weighted by Crippen LogP contribution is -2.52. The lowest BCUT2D eigenvalue weighted by molar-refractivity contribution is -0.128. The molecule has 0 aromatic heterocycles. The van der Waals surface area contributed by atoms with Crippen LogP contribution in [0.25, 0.3) is 0 Å². The van der Waals surface area contributed by atoms with Crippen molar-refractivity contribution in [2.75, 3.05) is 6.54 Å². The summed E-state index contributed by atoms with van der Waals surface area (Å²) in [7, 11) is 0. The van der Waals surface area contributed by atoms with Crippen LogP contribution in [0, 0.1) is 11.7 Å². The molecule has 1 atom stereocenters. The molecule has 3 rings (SSSR count). The van der Waals surface area contributed by atoms with Gasteiger partial charge in [0.2, 0.25) is 5.91 Å². The first kappa shape index (κ1) is 18.2. The van der Waals surface area contributed by atoms with Gasteiger partial charge in [0.05, 0.1) is 5.41 Å². The highest BCUT2D eigenvalue weighted by atomic mass is 35.5. The molecule has 5 heteroatoms. The quantitative estimate of drug-likeness (QED) is 0.864. The van der Waals surface area contributed by atoms with Crippen molar-refractivity contribution in [1.29, 1.82) is 0 Å². The Bertz CT molecular complexity index is 542. The van der Waals surface area contributed by atoms with E-state index in [1.54, 1.807) is 6.07 Å².